The second kappa shape index (κ2) is 2.48. The highest BCUT2D eigenvalue weighted by Crippen LogP contribution is 2.28. The number of nitrogens with one attached hydrogen (secondary N) is 2. The molecule has 0 aromatic heterocycles. The van der Waals surface area contributed by atoms with E-state index in [0.29, 0.717) is 6.42 Å². The smallest absolute Gasteiger partial charge is 0.222 e. The van der Waals surface area contributed by atoms with E-state index in [9.17, 15) is 4.79 Å². The molecule has 11 heavy (non-hydrogen) atoms. The van der Waals surface area contributed by atoms with Crippen LogP contribution in [-0.4, -0.2) is 18.0 Å². The van der Waals surface area contributed by atoms with Crippen LogP contribution in [0.5, 0.6) is 0 Å². The lowest BCUT2D eigenvalue weighted by atomic mass is 9.88. The van der Waals surface area contributed by atoms with E-state index in [0.717, 1.165) is 13.0 Å². The summed E-state index contributed by atoms with van der Waals surface area (Å²) in [5.41, 5.74) is 0.00926. The number of hydrogen-bond donors (Lipinski definition) is 2. The maximum atomic E-state index is 10.9. The van der Waals surface area contributed by atoms with Gasteiger partial charge in [0, 0.05) is 12.0 Å². The van der Waals surface area contributed by atoms with E-state index >= 15 is 0 Å². The van der Waals surface area contributed by atoms with Crippen molar-refractivity contribution in [3.05, 3.63) is 6.54 Å². The molecule has 2 saturated heterocycles. The first-order chi connectivity index (χ1) is 5.31. The summed E-state index contributed by atoms with van der Waals surface area (Å²) in [6.45, 7) is 2.97. The van der Waals surface area contributed by atoms with Gasteiger partial charge in [-0.3, -0.25) is 4.79 Å². The number of rotatable bonds is 0. The van der Waals surface area contributed by atoms with E-state index in [1.54, 1.807) is 0 Å². The standard InChI is InChI=1S/C8H13N2O/c11-7-5-8(6-9-7)3-1-2-4-10-8/h6,10H,1-5H2,(H,9,11). The highest BCUT2D eigenvalue weighted by molar-refractivity contribution is 5.81. The van der Waals surface area contributed by atoms with Gasteiger partial charge in [0.25, 0.3) is 0 Å². The summed E-state index contributed by atoms with van der Waals surface area (Å²) in [5.74, 6) is 0.152. The van der Waals surface area contributed by atoms with Crippen LogP contribution < -0.4 is 10.6 Å². The summed E-state index contributed by atoms with van der Waals surface area (Å²) >= 11 is 0. The molecule has 2 rings (SSSR count). The molecule has 2 aliphatic rings. The second-order valence-corrected chi connectivity index (χ2v) is 3.43. The quantitative estimate of drug-likeness (QED) is 0.521. The molecule has 0 aromatic carbocycles. The molecule has 0 aliphatic carbocycles. The van der Waals surface area contributed by atoms with Crippen LogP contribution in [0.25, 0.3) is 0 Å². The normalized spacial score (nSPS) is 37.6. The Morgan fingerprint density at radius 2 is 2.36 bits per heavy atom. The van der Waals surface area contributed by atoms with Crippen LogP contribution >= 0.6 is 0 Å². The Labute approximate surface area is 66.5 Å². The summed E-state index contributed by atoms with van der Waals surface area (Å²) in [5, 5.41) is 6.14. The molecule has 61 valence electrons. The lowest BCUT2D eigenvalue weighted by molar-refractivity contribution is -0.119. The third-order valence-electron chi connectivity index (χ3n) is 2.51. The molecule has 1 amide bonds. The van der Waals surface area contributed by atoms with Crippen LogP contribution in [0.15, 0.2) is 0 Å². The number of carbonyl (C=O) groups excluding carboxylic acids is 1. The van der Waals surface area contributed by atoms with Crippen LogP contribution in [0.4, 0.5) is 0 Å². The van der Waals surface area contributed by atoms with Gasteiger partial charge in [-0.25, -0.2) is 0 Å². The average molecular weight is 153 g/mol. The van der Waals surface area contributed by atoms with E-state index in [-0.39, 0.29) is 11.4 Å². The van der Waals surface area contributed by atoms with Crippen molar-refractivity contribution in [2.45, 2.75) is 31.2 Å². The van der Waals surface area contributed by atoms with Crippen molar-refractivity contribution in [3.8, 4) is 0 Å². The maximum Gasteiger partial charge on any atom is 0.222 e. The minimum Gasteiger partial charge on any atom is -0.349 e. The SMILES string of the molecule is O=C1CC2([CH]N1)CCCCN2. The predicted molar refractivity (Wildman–Crippen MR) is 41.6 cm³/mol. The fraction of sp³-hybridized carbons (Fsp3) is 0.750. The fourth-order valence-electron chi connectivity index (χ4n) is 1.87. The van der Waals surface area contributed by atoms with Crippen molar-refractivity contribution in [3.63, 3.8) is 0 Å². The van der Waals surface area contributed by atoms with Gasteiger partial charge in [-0.2, -0.15) is 0 Å². The second-order valence-electron chi connectivity index (χ2n) is 3.43. The van der Waals surface area contributed by atoms with Crippen molar-refractivity contribution in [1.29, 1.82) is 0 Å². The van der Waals surface area contributed by atoms with Gasteiger partial charge in [0.1, 0.15) is 0 Å². The molecule has 0 aromatic rings. The highest BCUT2D eigenvalue weighted by atomic mass is 16.2. The molecule has 3 nitrogen and oxygen atoms in total. The monoisotopic (exact) mass is 153 g/mol. The summed E-state index contributed by atoms with van der Waals surface area (Å²) in [7, 11) is 0. The molecule has 3 heteroatoms. The Balaban J connectivity index is 2.03. The molecule has 2 fully saturated rings. The fourth-order valence-corrected chi connectivity index (χ4v) is 1.87. The van der Waals surface area contributed by atoms with Gasteiger partial charge in [-0.1, -0.05) is 6.42 Å². The van der Waals surface area contributed by atoms with E-state index in [1.165, 1.54) is 12.8 Å². The molecule has 0 bridgehead atoms. The minimum absolute atomic E-state index is 0.00926. The van der Waals surface area contributed by atoms with Crippen LogP contribution in [0.1, 0.15) is 25.7 Å². The van der Waals surface area contributed by atoms with Crippen molar-refractivity contribution < 1.29 is 4.79 Å². The number of piperidine rings is 1. The van der Waals surface area contributed by atoms with Crippen LogP contribution in [0, 0.1) is 6.54 Å². The summed E-state index contributed by atoms with van der Waals surface area (Å²) in [6, 6.07) is 0. The molecular formula is C8H13N2O. The van der Waals surface area contributed by atoms with Crippen molar-refractivity contribution in [2.24, 2.45) is 0 Å². The van der Waals surface area contributed by atoms with Crippen molar-refractivity contribution >= 4 is 5.91 Å². The van der Waals surface area contributed by atoms with Crippen LogP contribution in [-0.2, 0) is 4.79 Å². The van der Waals surface area contributed by atoms with Gasteiger partial charge >= 0.3 is 0 Å². The Kier molecular flexibility index (Phi) is 1.60. The van der Waals surface area contributed by atoms with Gasteiger partial charge in [0.15, 0.2) is 0 Å². The van der Waals surface area contributed by atoms with Crippen LogP contribution in [0.2, 0.25) is 0 Å². The molecule has 1 atom stereocenters. The Morgan fingerprint density at radius 3 is 2.91 bits per heavy atom. The maximum absolute atomic E-state index is 10.9. The van der Waals surface area contributed by atoms with Gasteiger partial charge in [0.2, 0.25) is 5.91 Å². The summed E-state index contributed by atoms with van der Waals surface area (Å²) in [6.07, 6.45) is 4.21. The largest absolute Gasteiger partial charge is 0.349 e. The number of amides is 1. The molecule has 0 saturated carbocycles. The molecule has 2 heterocycles. The lowest BCUT2D eigenvalue weighted by Gasteiger charge is -2.32. The number of carbonyl (C=O) groups is 1. The first-order valence-electron chi connectivity index (χ1n) is 4.20. The topological polar surface area (TPSA) is 41.1 Å². The van der Waals surface area contributed by atoms with E-state index in [4.69, 9.17) is 0 Å². The van der Waals surface area contributed by atoms with Gasteiger partial charge < -0.3 is 10.6 Å². The Bertz CT molecular complexity index is 173. The highest BCUT2D eigenvalue weighted by Gasteiger charge is 2.39. The molecule has 1 radical (unpaired) electrons. The zero-order chi connectivity index (χ0) is 7.73. The van der Waals surface area contributed by atoms with E-state index in [2.05, 4.69) is 10.6 Å². The molecule has 2 aliphatic heterocycles. The van der Waals surface area contributed by atoms with Crippen molar-refractivity contribution in [2.75, 3.05) is 6.54 Å². The third kappa shape index (κ3) is 1.25. The Hall–Kier alpha value is -0.570. The number of hydrogen-bond acceptors (Lipinski definition) is 2. The van der Waals surface area contributed by atoms with Gasteiger partial charge in [-0.15, -0.1) is 0 Å². The molecule has 2 N–H and O–H groups in total. The lowest BCUT2D eigenvalue weighted by Crippen LogP contribution is -2.47. The predicted octanol–water partition coefficient (Wildman–Crippen LogP) is 0.180. The first-order valence-corrected chi connectivity index (χ1v) is 4.20. The molecule has 1 unspecified atom stereocenters. The van der Waals surface area contributed by atoms with Crippen molar-refractivity contribution in [1.82, 2.24) is 10.6 Å². The zero-order valence-electron chi connectivity index (χ0n) is 6.52. The van der Waals surface area contributed by atoms with E-state index < -0.39 is 0 Å². The summed E-state index contributed by atoms with van der Waals surface area (Å²) < 4.78 is 0. The molecule has 1 spiro atoms. The van der Waals surface area contributed by atoms with E-state index in [1.807, 2.05) is 6.54 Å². The Morgan fingerprint density at radius 1 is 1.45 bits per heavy atom. The van der Waals surface area contributed by atoms with Crippen LogP contribution in [0.3, 0.4) is 0 Å². The zero-order valence-corrected chi connectivity index (χ0v) is 6.52. The summed E-state index contributed by atoms with van der Waals surface area (Å²) in [4.78, 5) is 10.9. The molecular weight excluding hydrogens is 140 g/mol. The minimum atomic E-state index is 0.00926. The first kappa shape index (κ1) is 7.10. The van der Waals surface area contributed by atoms with Gasteiger partial charge in [0.05, 0.1) is 6.54 Å². The average Bonchev–Trinajstić information content (AvgIpc) is 2.34. The third-order valence-corrected chi connectivity index (χ3v) is 2.51. The van der Waals surface area contributed by atoms with Gasteiger partial charge in [-0.05, 0) is 19.4 Å².